The molecular weight excluding hydrogens is 307 g/mol. The number of imidazole rings is 1. The molecule has 2 aromatic heterocycles. The second-order valence-electron chi connectivity index (χ2n) is 3.64. The molecule has 0 radical (unpaired) electrons. The number of halogens is 2. The first kappa shape index (κ1) is 14.2. The molecular formula is C11H10Cl2N4OS. The lowest BCUT2D eigenvalue weighted by atomic mass is 10.4. The van der Waals surface area contributed by atoms with Gasteiger partial charge in [-0.2, -0.15) is 0 Å². The van der Waals surface area contributed by atoms with Crippen LogP contribution >= 0.6 is 35.0 Å². The summed E-state index contributed by atoms with van der Waals surface area (Å²) in [6.07, 6.45) is 4.92. The third-order valence-corrected chi connectivity index (χ3v) is 3.73. The molecule has 0 saturated heterocycles. The maximum absolute atomic E-state index is 11.8. The van der Waals surface area contributed by atoms with Crippen molar-refractivity contribution < 1.29 is 4.79 Å². The number of rotatable bonds is 4. The van der Waals surface area contributed by atoms with Crippen LogP contribution in [0.25, 0.3) is 0 Å². The molecule has 0 aromatic carbocycles. The number of anilines is 1. The number of amides is 1. The van der Waals surface area contributed by atoms with Gasteiger partial charge in [0.2, 0.25) is 5.91 Å². The minimum Gasteiger partial charge on any atom is -0.329 e. The second kappa shape index (κ2) is 6.27. The van der Waals surface area contributed by atoms with E-state index in [-0.39, 0.29) is 11.7 Å². The van der Waals surface area contributed by atoms with Gasteiger partial charge in [-0.1, -0.05) is 35.0 Å². The van der Waals surface area contributed by atoms with Crippen molar-refractivity contribution in [2.24, 2.45) is 7.05 Å². The number of hydrogen-bond donors (Lipinski definition) is 1. The Hall–Kier alpha value is -1.24. The van der Waals surface area contributed by atoms with Gasteiger partial charge in [0.25, 0.3) is 0 Å². The first-order valence-electron chi connectivity index (χ1n) is 5.27. The fourth-order valence-corrected chi connectivity index (χ4v) is 2.46. The van der Waals surface area contributed by atoms with Crippen molar-refractivity contribution in [2.75, 3.05) is 11.1 Å². The average Bonchev–Trinajstić information content (AvgIpc) is 2.76. The van der Waals surface area contributed by atoms with Gasteiger partial charge in [0, 0.05) is 25.6 Å². The Morgan fingerprint density at radius 1 is 1.47 bits per heavy atom. The SMILES string of the molecule is Cn1ccnc1SCC(=O)Nc1ncc(Cl)cc1Cl. The molecule has 2 heterocycles. The molecule has 0 spiro atoms. The minimum atomic E-state index is -0.204. The van der Waals surface area contributed by atoms with Crippen molar-refractivity contribution in [1.29, 1.82) is 0 Å². The zero-order valence-electron chi connectivity index (χ0n) is 9.93. The van der Waals surface area contributed by atoms with Crippen LogP contribution in [0.5, 0.6) is 0 Å². The highest BCUT2D eigenvalue weighted by atomic mass is 35.5. The minimum absolute atomic E-state index is 0.204. The van der Waals surface area contributed by atoms with Crippen LogP contribution in [0.3, 0.4) is 0 Å². The maximum Gasteiger partial charge on any atom is 0.236 e. The van der Waals surface area contributed by atoms with Gasteiger partial charge in [-0.3, -0.25) is 4.79 Å². The topological polar surface area (TPSA) is 59.8 Å². The molecule has 0 aliphatic rings. The molecule has 0 aliphatic carbocycles. The first-order chi connectivity index (χ1) is 9.06. The highest BCUT2D eigenvalue weighted by Crippen LogP contribution is 2.23. The van der Waals surface area contributed by atoms with Gasteiger partial charge in [-0.25, -0.2) is 9.97 Å². The van der Waals surface area contributed by atoms with Crippen molar-refractivity contribution in [3.8, 4) is 0 Å². The Morgan fingerprint density at radius 2 is 2.26 bits per heavy atom. The molecule has 1 amide bonds. The van der Waals surface area contributed by atoms with E-state index < -0.39 is 0 Å². The fourth-order valence-electron chi connectivity index (χ4n) is 1.30. The van der Waals surface area contributed by atoms with Crippen molar-refractivity contribution in [2.45, 2.75) is 5.16 Å². The fraction of sp³-hybridized carbons (Fsp3) is 0.182. The number of nitrogens with zero attached hydrogens (tertiary/aromatic N) is 3. The Bertz CT molecular complexity index is 602. The Kier molecular flexibility index (Phi) is 4.68. The predicted octanol–water partition coefficient (Wildman–Crippen LogP) is 2.85. The van der Waals surface area contributed by atoms with Gasteiger partial charge in [0.15, 0.2) is 11.0 Å². The Labute approximate surface area is 124 Å². The van der Waals surface area contributed by atoms with E-state index in [2.05, 4.69) is 15.3 Å². The van der Waals surface area contributed by atoms with E-state index in [1.807, 2.05) is 17.8 Å². The van der Waals surface area contributed by atoms with E-state index in [1.165, 1.54) is 24.0 Å². The maximum atomic E-state index is 11.8. The van der Waals surface area contributed by atoms with Crippen LogP contribution in [-0.4, -0.2) is 26.2 Å². The van der Waals surface area contributed by atoms with E-state index in [9.17, 15) is 4.79 Å². The van der Waals surface area contributed by atoms with Gasteiger partial charge >= 0.3 is 0 Å². The van der Waals surface area contributed by atoms with Crippen LogP contribution in [0.4, 0.5) is 5.82 Å². The predicted molar refractivity (Wildman–Crippen MR) is 76.8 cm³/mol. The van der Waals surface area contributed by atoms with E-state index in [1.54, 1.807) is 6.20 Å². The van der Waals surface area contributed by atoms with Gasteiger partial charge < -0.3 is 9.88 Å². The van der Waals surface area contributed by atoms with Crippen molar-refractivity contribution >= 4 is 46.7 Å². The van der Waals surface area contributed by atoms with Gasteiger partial charge in [0.05, 0.1) is 15.8 Å². The Morgan fingerprint density at radius 3 is 2.89 bits per heavy atom. The number of carbonyl (C=O) groups is 1. The molecule has 0 aliphatic heterocycles. The summed E-state index contributed by atoms with van der Waals surface area (Å²) >= 11 is 13.0. The average molecular weight is 317 g/mol. The first-order valence-corrected chi connectivity index (χ1v) is 7.01. The highest BCUT2D eigenvalue weighted by molar-refractivity contribution is 7.99. The number of aryl methyl sites for hydroxylation is 1. The molecule has 5 nitrogen and oxygen atoms in total. The van der Waals surface area contributed by atoms with Crippen LogP contribution in [0, 0.1) is 0 Å². The monoisotopic (exact) mass is 316 g/mol. The highest BCUT2D eigenvalue weighted by Gasteiger charge is 2.09. The molecule has 2 rings (SSSR count). The molecule has 19 heavy (non-hydrogen) atoms. The number of hydrogen-bond acceptors (Lipinski definition) is 4. The number of pyridine rings is 1. The van der Waals surface area contributed by atoms with E-state index in [4.69, 9.17) is 23.2 Å². The van der Waals surface area contributed by atoms with Crippen LogP contribution in [0.1, 0.15) is 0 Å². The van der Waals surface area contributed by atoms with E-state index >= 15 is 0 Å². The molecule has 0 fully saturated rings. The lowest BCUT2D eigenvalue weighted by Gasteiger charge is -2.06. The number of nitrogens with one attached hydrogen (secondary N) is 1. The lowest BCUT2D eigenvalue weighted by Crippen LogP contribution is -2.15. The zero-order valence-corrected chi connectivity index (χ0v) is 12.3. The van der Waals surface area contributed by atoms with Crippen molar-refractivity contribution in [3.63, 3.8) is 0 Å². The summed E-state index contributed by atoms with van der Waals surface area (Å²) in [4.78, 5) is 19.8. The third kappa shape index (κ3) is 3.86. The molecule has 0 atom stereocenters. The summed E-state index contributed by atoms with van der Waals surface area (Å²) in [7, 11) is 1.87. The number of aromatic nitrogens is 3. The quantitative estimate of drug-likeness (QED) is 0.881. The molecule has 0 unspecified atom stereocenters. The van der Waals surface area contributed by atoms with Gasteiger partial charge in [0.1, 0.15) is 0 Å². The molecule has 0 bridgehead atoms. The molecule has 8 heteroatoms. The summed E-state index contributed by atoms with van der Waals surface area (Å²) < 4.78 is 1.84. The molecule has 0 saturated carbocycles. The summed E-state index contributed by atoms with van der Waals surface area (Å²) in [6.45, 7) is 0. The largest absolute Gasteiger partial charge is 0.329 e. The summed E-state index contributed by atoms with van der Waals surface area (Å²) in [5.41, 5.74) is 0. The van der Waals surface area contributed by atoms with Crippen molar-refractivity contribution in [3.05, 3.63) is 34.7 Å². The zero-order chi connectivity index (χ0) is 13.8. The summed E-state index contributed by atoms with van der Waals surface area (Å²) in [6, 6.07) is 1.53. The molecule has 2 aromatic rings. The smallest absolute Gasteiger partial charge is 0.236 e. The molecule has 100 valence electrons. The normalized spacial score (nSPS) is 10.5. The summed E-state index contributed by atoms with van der Waals surface area (Å²) in [5.74, 6) is 0.326. The van der Waals surface area contributed by atoms with Crippen LogP contribution in [-0.2, 0) is 11.8 Å². The Balaban J connectivity index is 1.93. The van der Waals surface area contributed by atoms with E-state index in [0.717, 1.165) is 5.16 Å². The van der Waals surface area contributed by atoms with Crippen LogP contribution < -0.4 is 5.32 Å². The third-order valence-electron chi connectivity index (χ3n) is 2.17. The number of thioether (sulfide) groups is 1. The molecule has 1 N–H and O–H groups in total. The van der Waals surface area contributed by atoms with E-state index in [0.29, 0.717) is 15.9 Å². The van der Waals surface area contributed by atoms with Crippen LogP contribution in [0.15, 0.2) is 29.8 Å². The van der Waals surface area contributed by atoms with Crippen LogP contribution in [0.2, 0.25) is 10.0 Å². The number of carbonyl (C=O) groups excluding carboxylic acids is 1. The lowest BCUT2D eigenvalue weighted by molar-refractivity contribution is -0.113. The van der Waals surface area contributed by atoms with Gasteiger partial charge in [-0.05, 0) is 6.07 Å². The standard InChI is InChI=1S/C11H10Cl2N4OS/c1-17-3-2-14-11(17)19-6-9(18)16-10-8(13)4-7(12)5-15-10/h2-5H,6H2,1H3,(H,15,16,18). The van der Waals surface area contributed by atoms with Gasteiger partial charge in [-0.15, -0.1) is 0 Å². The second-order valence-corrected chi connectivity index (χ2v) is 5.43. The summed E-state index contributed by atoms with van der Waals surface area (Å²) in [5, 5.41) is 4.12. The van der Waals surface area contributed by atoms with Crippen molar-refractivity contribution in [1.82, 2.24) is 14.5 Å².